The second-order valence-electron chi connectivity index (χ2n) is 3.89. The Balaban J connectivity index is 3.17. The Morgan fingerprint density at radius 2 is 1.82 bits per heavy atom. The summed E-state index contributed by atoms with van der Waals surface area (Å²) in [5.74, 6) is 0.0139. The van der Waals surface area contributed by atoms with E-state index >= 15 is 0 Å². The van der Waals surface area contributed by atoms with E-state index in [-0.39, 0.29) is 5.78 Å². The average molecular weight is 154 g/mol. The fourth-order valence-electron chi connectivity index (χ4n) is 1.25. The Morgan fingerprint density at radius 1 is 1.36 bits per heavy atom. The molecule has 62 valence electrons. The molecule has 1 aliphatic carbocycles. The van der Waals surface area contributed by atoms with Crippen molar-refractivity contribution in [2.45, 2.75) is 33.3 Å². The molecule has 0 aliphatic heterocycles. The van der Waals surface area contributed by atoms with Crippen molar-refractivity contribution in [3.05, 3.63) is 11.6 Å². The van der Waals surface area contributed by atoms with Gasteiger partial charge in [-0.1, -0.05) is 0 Å². The fourth-order valence-corrected chi connectivity index (χ4v) is 1.25. The molecular formula is C9H14O2. The lowest BCUT2D eigenvalue weighted by Gasteiger charge is -2.33. The molecule has 0 spiro atoms. The van der Waals surface area contributed by atoms with Gasteiger partial charge in [0.25, 0.3) is 0 Å². The fraction of sp³-hybridized carbons (Fsp3) is 0.667. The van der Waals surface area contributed by atoms with E-state index in [1.165, 1.54) is 6.08 Å². The van der Waals surface area contributed by atoms with Crippen LogP contribution in [0.2, 0.25) is 0 Å². The van der Waals surface area contributed by atoms with Crippen LogP contribution in [-0.2, 0) is 4.79 Å². The topological polar surface area (TPSA) is 37.3 Å². The number of hydrogen-bond donors (Lipinski definition) is 1. The lowest BCUT2D eigenvalue weighted by molar-refractivity contribution is -0.129. The zero-order chi connectivity index (χ0) is 8.86. The molecule has 2 nitrogen and oxygen atoms in total. The van der Waals surface area contributed by atoms with Crippen LogP contribution in [0.5, 0.6) is 0 Å². The first-order valence-electron chi connectivity index (χ1n) is 3.76. The monoisotopic (exact) mass is 154 g/mol. The van der Waals surface area contributed by atoms with Crippen molar-refractivity contribution in [2.24, 2.45) is 5.41 Å². The molecule has 1 unspecified atom stereocenters. The zero-order valence-electron chi connectivity index (χ0n) is 7.43. The van der Waals surface area contributed by atoms with Gasteiger partial charge in [-0.05, 0) is 39.3 Å². The first-order valence-corrected chi connectivity index (χ1v) is 3.76. The maximum Gasteiger partial charge on any atom is 0.164 e. The molecule has 1 N–H and O–H groups in total. The summed E-state index contributed by atoms with van der Waals surface area (Å²) in [6, 6.07) is 0. The summed E-state index contributed by atoms with van der Waals surface area (Å²) < 4.78 is 0. The highest BCUT2D eigenvalue weighted by atomic mass is 16.3. The van der Waals surface area contributed by atoms with E-state index in [2.05, 4.69) is 0 Å². The Bertz CT molecular complexity index is 234. The Hall–Kier alpha value is -0.630. The van der Waals surface area contributed by atoms with Crippen molar-refractivity contribution < 1.29 is 9.90 Å². The van der Waals surface area contributed by atoms with E-state index in [1.807, 2.05) is 0 Å². The van der Waals surface area contributed by atoms with Crippen molar-refractivity contribution in [1.82, 2.24) is 0 Å². The van der Waals surface area contributed by atoms with Gasteiger partial charge in [0.2, 0.25) is 0 Å². The van der Waals surface area contributed by atoms with Crippen LogP contribution < -0.4 is 0 Å². The highest BCUT2D eigenvalue weighted by molar-refractivity contribution is 5.99. The molecule has 0 radical (unpaired) electrons. The Kier molecular flexibility index (Phi) is 1.50. The van der Waals surface area contributed by atoms with Crippen LogP contribution in [0, 0.1) is 5.41 Å². The average Bonchev–Trinajstić information content (AvgIpc) is 1.95. The lowest BCUT2D eigenvalue weighted by Crippen LogP contribution is -2.42. The first-order chi connectivity index (χ1) is 4.80. The molecule has 0 fully saturated rings. The molecule has 0 bridgehead atoms. The smallest absolute Gasteiger partial charge is 0.164 e. The molecule has 0 aromatic carbocycles. The molecule has 0 amide bonds. The molecule has 0 saturated heterocycles. The molecule has 1 rings (SSSR count). The van der Waals surface area contributed by atoms with Crippen LogP contribution in [0.15, 0.2) is 11.6 Å². The van der Waals surface area contributed by atoms with E-state index in [0.717, 1.165) is 5.57 Å². The largest absolute Gasteiger partial charge is 0.385 e. The minimum absolute atomic E-state index is 0.0139. The zero-order valence-corrected chi connectivity index (χ0v) is 7.43. The third kappa shape index (κ3) is 0.857. The van der Waals surface area contributed by atoms with Crippen molar-refractivity contribution in [3.8, 4) is 0 Å². The predicted octanol–water partition coefficient (Wildman–Crippen LogP) is 1.29. The van der Waals surface area contributed by atoms with E-state index < -0.39 is 11.0 Å². The minimum Gasteiger partial charge on any atom is -0.385 e. The lowest BCUT2D eigenvalue weighted by atomic mass is 9.75. The third-order valence-corrected chi connectivity index (χ3v) is 2.95. The van der Waals surface area contributed by atoms with E-state index in [0.29, 0.717) is 0 Å². The van der Waals surface area contributed by atoms with Crippen LogP contribution >= 0.6 is 0 Å². The molecule has 11 heavy (non-hydrogen) atoms. The van der Waals surface area contributed by atoms with E-state index in [4.69, 9.17) is 0 Å². The molecule has 1 aliphatic rings. The number of ketones is 1. The van der Waals surface area contributed by atoms with Gasteiger partial charge in [0.1, 0.15) is 0 Å². The number of carbonyl (C=O) groups excluding carboxylic acids is 1. The van der Waals surface area contributed by atoms with Gasteiger partial charge < -0.3 is 5.11 Å². The van der Waals surface area contributed by atoms with Crippen LogP contribution in [0.25, 0.3) is 0 Å². The van der Waals surface area contributed by atoms with Crippen molar-refractivity contribution >= 4 is 5.78 Å². The number of aliphatic hydroxyl groups is 1. The molecule has 0 aromatic heterocycles. The van der Waals surface area contributed by atoms with Gasteiger partial charge in [0.05, 0.1) is 11.0 Å². The summed E-state index contributed by atoms with van der Waals surface area (Å²) >= 11 is 0. The van der Waals surface area contributed by atoms with Gasteiger partial charge in [-0.15, -0.1) is 0 Å². The SMILES string of the molecule is CC1=CC(=O)C(C)(C)C1(C)O. The van der Waals surface area contributed by atoms with E-state index in [1.54, 1.807) is 27.7 Å². The second-order valence-corrected chi connectivity index (χ2v) is 3.89. The summed E-state index contributed by atoms with van der Waals surface area (Å²) in [6.45, 7) is 7.00. The van der Waals surface area contributed by atoms with Gasteiger partial charge in [0, 0.05) is 0 Å². The third-order valence-electron chi connectivity index (χ3n) is 2.95. The maximum atomic E-state index is 11.3. The van der Waals surface area contributed by atoms with Gasteiger partial charge in [-0.2, -0.15) is 0 Å². The highest BCUT2D eigenvalue weighted by Gasteiger charge is 2.49. The van der Waals surface area contributed by atoms with Crippen LogP contribution in [0.3, 0.4) is 0 Å². The van der Waals surface area contributed by atoms with Gasteiger partial charge in [-0.25, -0.2) is 0 Å². The van der Waals surface area contributed by atoms with Crippen molar-refractivity contribution in [3.63, 3.8) is 0 Å². The van der Waals surface area contributed by atoms with Gasteiger partial charge in [-0.3, -0.25) is 4.79 Å². The van der Waals surface area contributed by atoms with Gasteiger partial charge >= 0.3 is 0 Å². The number of rotatable bonds is 0. The molecule has 0 heterocycles. The van der Waals surface area contributed by atoms with Crippen LogP contribution in [0.1, 0.15) is 27.7 Å². The molecule has 2 heteroatoms. The minimum atomic E-state index is -0.968. The summed E-state index contributed by atoms with van der Waals surface area (Å²) in [7, 11) is 0. The molecule has 0 saturated carbocycles. The van der Waals surface area contributed by atoms with Crippen molar-refractivity contribution in [1.29, 1.82) is 0 Å². The standard InChI is InChI=1S/C9H14O2/c1-6-5-7(10)8(2,3)9(6,4)11/h5,11H,1-4H3. The van der Waals surface area contributed by atoms with Crippen LogP contribution in [0.4, 0.5) is 0 Å². The summed E-state index contributed by atoms with van der Waals surface area (Å²) in [5.41, 5.74) is -0.867. The molecule has 1 atom stereocenters. The van der Waals surface area contributed by atoms with Crippen molar-refractivity contribution in [2.75, 3.05) is 0 Å². The maximum absolute atomic E-state index is 11.3. The summed E-state index contributed by atoms with van der Waals surface area (Å²) in [5, 5.41) is 9.87. The second kappa shape index (κ2) is 1.95. The Morgan fingerprint density at radius 3 is 1.91 bits per heavy atom. The highest BCUT2D eigenvalue weighted by Crippen LogP contribution is 2.42. The molecular weight excluding hydrogens is 140 g/mol. The predicted molar refractivity (Wildman–Crippen MR) is 43.2 cm³/mol. The summed E-state index contributed by atoms with van der Waals surface area (Å²) in [6.07, 6.45) is 1.53. The number of hydrogen-bond acceptors (Lipinski definition) is 2. The molecule has 0 aromatic rings. The van der Waals surface area contributed by atoms with E-state index in [9.17, 15) is 9.90 Å². The summed E-state index contributed by atoms with van der Waals surface area (Å²) in [4.78, 5) is 11.3. The Labute approximate surface area is 66.9 Å². The first kappa shape index (κ1) is 8.47. The number of carbonyl (C=O) groups is 1. The number of allylic oxidation sites excluding steroid dienone is 1. The quantitative estimate of drug-likeness (QED) is 0.571. The normalized spacial score (nSPS) is 35.7. The van der Waals surface area contributed by atoms with Gasteiger partial charge in [0.15, 0.2) is 5.78 Å². The van der Waals surface area contributed by atoms with Crippen LogP contribution in [-0.4, -0.2) is 16.5 Å².